The molecule has 104 valence electrons. The Morgan fingerprint density at radius 3 is 2.40 bits per heavy atom. The fourth-order valence-corrected chi connectivity index (χ4v) is 2.80. The van der Waals surface area contributed by atoms with E-state index >= 15 is 0 Å². The van der Waals surface area contributed by atoms with Crippen LogP contribution in [-0.2, 0) is 17.1 Å². The van der Waals surface area contributed by atoms with Crippen LogP contribution in [0.15, 0.2) is 29.2 Å². The van der Waals surface area contributed by atoms with Gasteiger partial charge in [-0.25, -0.2) is 13.1 Å². The summed E-state index contributed by atoms with van der Waals surface area (Å²) in [4.78, 5) is 0.0507. The van der Waals surface area contributed by atoms with Gasteiger partial charge in [-0.3, -0.25) is 4.72 Å². The van der Waals surface area contributed by atoms with E-state index in [0.717, 1.165) is 0 Å². The van der Waals surface area contributed by atoms with Crippen molar-refractivity contribution < 1.29 is 8.42 Å². The molecule has 0 aliphatic heterocycles. The third kappa shape index (κ3) is 2.44. The average Bonchev–Trinajstić information content (AvgIpc) is 2.65. The van der Waals surface area contributed by atoms with Crippen molar-refractivity contribution in [2.75, 3.05) is 10.5 Å². The van der Waals surface area contributed by atoms with Crippen molar-refractivity contribution in [1.29, 1.82) is 5.26 Å². The summed E-state index contributed by atoms with van der Waals surface area (Å²) in [6.45, 7) is 1.69. The Hall–Kier alpha value is -2.53. The van der Waals surface area contributed by atoms with Gasteiger partial charge in [0, 0.05) is 7.05 Å². The van der Waals surface area contributed by atoms with Gasteiger partial charge in [-0.1, -0.05) is 0 Å². The molecular formula is C12H13N5O2S. The minimum atomic E-state index is -3.77. The zero-order chi connectivity index (χ0) is 14.9. The Labute approximate surface area is 116 Å². The van der Waals surface area contributed by atoms with E-state index in [0.29, 0.717) is 11.3 Å². The normalized spacial score (nSPS) is 11.1. The number of benzene rings is 1. The lowest BCUT2D eigenvalue weighted by atomic mass is 10.2. The summed E-state index contributed by atoms with van der Waals surface area (Å²) in [6.07, 6.45) is 0. The number of anilines is 2. The number of sulfonamides is 1. The fourth-order valence-electron chi connectivity index (χ4n) is 1.69. The van der Waals surface area contributed by atoms with Gasteiger partial charge in [0.25, 0.3) is 10.0 Å². The van der Waals surface area contributed by atoms with E-state index in [4.69, 9.17) is 11.0 Å². The highest BCUT2D eigenvalue weighted by Gasteiger charge is 2.19. The van der Waals surface area contributed by atoms with Crippen molar-refractivity contribution in [1.82, 2.24) is 9.78 Å². The summed E-state index contributed by atoms with van der Waals surface area (Å²) in [5.74, 6) is 0.215. The van der Waals surface area contributed by atoms with E-state index in [-0.39, 0.29) is 16.4 Å². The number of aryl methyl sites for hydroxylation is 2. The first kappa shape index (κ1) is 13.9. The second kappa shape index (κ2) is 4.86. The van der Waals surface area contributed by atoms with Crippen molar-refractivity contribution in [3.05, 3.63) is 35.5 Å². The molecule has 0 aliphatic carbocycles. The first-order chi connectivity index (χ1) is 9.35. The smallest absolute Gasteiger partial charge is 0.263 e. The Kier molecular flexibility index (Phi) is 3.38. The Balaban J connectivity index is 2.38. The summed E-state index contributed by atoms with van der Waals surface area (Å²) in [6, 6.07) is 7.52. The van der Waals surface area contributed by atoms with Crippen LogP contribution in [0.4, 0.5) is 11.5 Å². The largest absolute Gasteiger partial charge is 0.394 e. The molecule has 0 atom stereocenters. The van der Waals surface area contributed by atoms with Gasteiger partial charge in [0.05, 0.1) is 27.9 Å². The van der Waals surface area contributed by atoms with Gasteiger partial charge >= 0.3 is 0 Å². The van der Waals surface area contributed by atoms with E-state index in [1.807, 2.05) is 6.07 Å². The molecule has 0 amide bonds. The van der Waals surface area contributed by atoms with Gasteiger partial charge in [-0.2, -0.15) is 10.4 Å². The molecule has 1 aromatic heterocycles. The highest BCUT2D eigenvalue weighted by Crippen LogP contribution is 2.24. The maximum absolute atomic E-state index is 12.2. The number of rotatable bonds is 3. The fraction of sp³-hybridized carbons (Fsp3) is 0.167. The van der Waals surface area contributed by atoms with Crippen LogP contribution >= 0.6 is 0 Å². The van der Waals surface area contributed by atoms with E-state index in [1.165, 1.54) is 28.9 Å². The molecule has 1 aromatic carbocycles. The van der Waals surface area contributed by atoms with Crippen LogP contribution in [0.25, 0.3) is 0 Å². The van der Waals surface area contributed by atoms with Gasteiger partial charge in [-0.05, 0) is 31.2 Å². The van der Waals surface area contributed by atoms with Gasteiger partial charge in [-0.15, -0.1) is 0 Å². The topological polar surface area (TPSA) is 114 Å². The second-order valence-electron chi connectivity index (χ2n) is 4.21. The number of nitrogens with one attached hydrogen (secondary N) is 1. The number of nitrogen functional groups attached to an aromatic ring is 1. The molecule has 2 aromatic rings. The third-order valence-electron chi connectivity index (χ3n) is 2.79. The highest BCUT2D eigenvalue weighted by molar-refractivity contribution is 7.92. The lowest BCUT2D eigenvalue weighted by molar-refractivity contribution is 0.600. The molecule has 2 rings (SSSR count). The van der Waals surface area contributed by atoms with Gasteiger partial charge < -0.3 is 5.73 Å². The van der Waals surface area contributed by atoms with E-state index in [1.54, 1.807) is 14.0 Å². The summed E-state index contributed by atoms with van der Waals surface area (Å²) in [7, 11) is -2.17. The van der Waals surface area contributed by atoms with E-state index in [9.17, 15) is 8.42 Å². The third-order valence-corrected chi connectivity index (χ3v) is 4.15. The van der Waals surface area contributed by atoms with Crippen LogP contribution in [0.3, 0.4) is 0 Å². The number of nitrogens with zero attached hydrogens (tertiary/aromatic N) is 3. The lowest BCUT2D eigenvalue weighted by Crippen LogP contribution is -2.16. The van der Waals surface area contributed by atoms with Crippen LogP contribution in [0.2, 0.25) is 0 Å². The molecule has 1 heterocycles. The molecule has 0 saturated heterocycles. The minimum absolute atomic E-state index is 0.0507. The molecule has 8 heteroatoms. The summed E-state index contributed by atoms with van der Waals surface area (Å²) < 4.78 is 28.2. The summed E-state index contributed by atoms with van der Waals surface area (Å²) in [5.41, 5.74) is 7.00. The molecular weight excluding hydrogens is 278 g/mol. The number of hydrogen-bond acceptors (Lipinski definition) is 5. The monoisotopic (exact) mass is 291 g/mol. The van der Waals surface area contributed by atoms with Crippen LogP contribution in [0.1, 0.15) is 11.3 Å². The zero-order valence-electron chi connectivity index (χ0n) is 11.0. The average molecular weight is 291 g/mol. The highest BCUT2D eigenvalue weighted by atomic mass is 32.2. The first-order valence-corrected chi connectivity index (χ1v) is 7.15. The number of hydrogen-bond donors (Lipinski definition) is 2. The first-order valence-electron chi connectivity index (χ1n) is 5.67. The maximum atomic E-state index is 12.2. The maximum Gasteiger partial charge on any atom is 0.263 e. The SMILES string of the molecule is Cc1nn(C)c(NS(=O)(=O)c2ccc(C#N)cc2)c1N. The molecule has 0 aliphatic rings. The summed E-state index contributed by atoms with van der Waals surface area (Å²) in [5, 5.41) is 12.7. The molecule has 0 bridgehead atoms. The Bertz CT molecular complexity index is 784. The predicted molar refractivity (Wildman–Crippen MR) is 74.3 cm³/mol. The van der Waals surface area contributed by atoms with Crippen molar-refractivity contribution in [3.8, 4) is 6.07 Å². The van der Waals surface area contributed by atoms with Crippen LogP contribution in [0, 0.1) is 18.3 Å². The number of aromatic nitrogens is 2. The Morgan fingerprint density at radius 2 is 1.95 bits per heavy atom. The summed E-state index contributed by atoms with van der Waals surface area (Å²) >= 11 is 0. The van der Waals surface area contributed by atoms with Crippen molar-refractivity contribution >= 4 is 21.5 Å². The molecule has 0 spiro atoms. The van der Waals surface area contributed by atoms with Crippen molar-refractivity contribution in [2.45, 2.75) is 11.8 Å². The van der Waals surface area contributed by atoms with Crippen LogP contribution in [-0.4, -0.2) is 18.2 Å². The predicted octanol–water partition coefficient (Wildman–Crippen LogP) is 0.983. The van der Waals surface area contributed by atoms with Crippen LogP contribution in [0.5, 0.6) is 0 Å². The second-order valence-corrected chi connectivity index (χ2v) is 5.90. The standard InChI is InChI=1S/C12H13N5O2S/c1-8-11(14)12(17(2)15-8)16-20(18,19)10-5-3-9(7-13)4-6-10/h3-6,16H,14H2,1-2H3. The number of nitrogens with two attached hydrogens (primary N) is 1. The molecule has 0 saturated carbocycles. The molecule has 7 nitrogen and oxygen atoms in total. The minimum Gasteiger partial charge on any atom is -0.394 e. The molecule has 0 radical (unpaired) electrons. The van der Waals surface area contributed by atoms with Crippen molar-refractivity contribution in [3.63, 3.8) is 0 Å². The van der Waals surface area contributed by atoms with E-state index in [2.05, 4.69) is 9.82 Å². The van der Waals surface area contributed by atoms with Gasteiger partial charge in [0.2, 0.25) is 0 Å². The van der Waals surface area contributed by atoms with Gasteiger partial charge in [0.1, 0.15) is 0 Å². The lowest BCUT2D eigenvalue weighted by Gasteiger charge is -2.09. The van der Waals surface area contributed by atoms with Crippen molar-refractivity contribution in [2.24, 2.45) is 7.05 Å². The molecule has 3 N–H and O–H groups in total. The molecule has 0 fully saturated rings. The zero-order valence-corrected chi connectivity index (χ0v) is 11.8. The number of nitriles is 1. The Morgan fingerprint density at radius 1 is 1.35 bits per heavy atom. The molecule has 0 unspecified atom stereocenters. The van der Waals surface area contributed by atoms with Gasteiger partial charge in [0.15, 0.2) is 5.82 Å². The van der Waals surface area contributed by atoms with E-state index < -0.39 is 10.0 Å². The quantitative estimate of drug-likeness (QED) is 0.875. The van der Waals surface area contributed by atoms with Crippen LogP contribution < -0.4 is 10.5 Å². The molecule has 20 heavy (non-hydrogen) atoms.